The third-order valence-electron chi connectivity index (χ3n) is 6.84. The maximum Gasteiger partial charge on any atom is 0.411 e. The normalized spacial score (nSPS) is 13.6. The second kappa shape index (κ2) is 10.7. The summed E-state index contributed by atoms with van der Waals surface area (Å²) in [5.41, 5.74) is 3.34. The largest absolute Gasteiger partial charge is 0.449 e. The average Bonchev–Trinajstić information content (AvgIpc) is 3.25. The second-order valence-corrected chi connectivity index (χ2v) is 11.3. The molecule has 0 bridgehead atoms. The van der Waals surface area contributed by atoms with Crippen LogP contribution in [0.4, 0.5) is 10.5 Å². The van der Waals surface area contributed by atoms with E-state index >= 15 is 0 Å². The van der Waals surface area contributed by atoms with Crippen LogP contribution in [0.25, 0.3) is 10.9 Å². The van der Waals surface area contributed by atoms with Crippen molar-refractivity contribution in [3.05, 3.63) is 95.7 Å². The molecule has 5 rings (SSSR count). The van der Waals surface area contributed by atoms with Crippen LogP contribution in [-0.2, 0) is 21.3 Å². The molecule has 9 heteroatoms. The van der Waals surface area contributed by atoms with Gasteiger partial charge in [-0.25, -0.2) is 17.9 Å². The Bertz CT molecular complexity index is 1610. The summed E-state index contributed by atoms with van der Waals surface area (Å²) < 4.78 is 34.9. The Morgan fingerprint density at radius 2 is 1.82 bits per heavy atom. The fourth-order valence-corrected chi connectivity index (χ4v) is 5.75. The molecule has 1 heterocycles. The van der Waals surface area contributed by atoms with E-state index in [1.165, 1.54) is 12.5 Å². The molecule has 0 aliphatic heterocycles. The number of anilines is 1. The number of rotatable bonds is 8. The van der Waals surface area contributed by atoms with E-state index in [4.69, 9.17) is 4.74 Å². The van der Waals surface area contributed by atoms with Gasteiger partial charge in [0.1, 0.15) is 0 Å². The first-order valence-electron chi connectivity index (χ1n) is 12.5. The molecule has 0 radical (unpaired) electrons. The number of ether oxygens (including phenoxy) is 1. The highest BCUT2D eigenvalue weighted by molar-refractivity contribution is 7.90. The minimum atomic E-state index is -3.99. The summed E-state index contributed by atoms with van der Waals surface area (Å²) >= 11 is 0. The number of sulfonamides is 1. The lowest BCUT2D eigenvalue weighted by molar-refractivity contribution is 0.0981. The summed E-state index contributed by atoms with van der Waals surface area (Å²) in [4.78, 5) is 25.0. The SMILES string of the molecule is Cc1ccccc1S(=O)(=O)NC(=O)c1ccc2c(ccn2Cc2cccc(NC(=O)OCC3CCC3)c2)c1. The van der Waals surface area contributed by atoms with Crippen molar-refractivity contribution in [2.75, 3.05) is 11.9 Å². The van der Waals surface area contributed by atoms with Gasteiger partial charge < -0.3 is 9.30 Å². The van der Waals surface area contributed by atoms with Gasteiger partial charge in [0.25, 0.3) is 15.9 Å². The van der Waals surface area contributed by atoms with Gasteiger partial charge in [-0.2, -0.15) is 0 Å². The number of hydrogen-bond acceptors (Lipinski definition) is 5. The molecule has 38 heavy (non-hydrogen) atoms. The predicted octanol–water partition coefficient (Wildman–Crippen LogP) is 5.47. The summed E-state index contributed by atoms with van der Waals surface area (Å²) in [7, 11) is -3.99. The summed E-state index contributed by atoms with van der Waals surface area (Å²) in [6.07, 6.45) is 4.90. The van der Waals surface area contributed by atoms with E-state index < -0.39 is 22.0 Å². The monoisotopic (exact) mass is 531 g/mol. The molecule has 0 saturated heterocycles. The van der Waals surface area contributed by atoms with Crippen molar-refractivity contribution in [1.29, 1.82) is 0 Å². The minimum absolute atomic E-state index is 0.0731. The molecule has 1 aliphatic carbocycles. The van der Waals surface area contributed by atoms with E-state index in [9.17, 15) is 18.0 Å². The number of carbonyl (C=O) groups excluding carboxylic acids is 2. The van der Waals surface area contributed by atoms with E-state index in [0.717, 1.165) is 29.3 Å². The molecule has 3 aromatic carbocycles. The number of nitrogens with zero attached hydrogens (tertiary/aromatic N) is 1. The van der Waals surface area contributed by atoms with Crippen molar-refractivity contribution in [2.45, 2.75) is 37.6 Å². The zero-order valence-corrected chi connectivity index (χ0v) is 21.8. The molecule has 2 amide bonds. The highest BCUT2D eigenvalue weighted by atomic mass is 32.2. The Hall–Kier alpha value is -4.11. The molecule has 4 aromatic rings. The summed E-state index contributed by atoms with van der Waals surface area (Å²) in [6.45, 7) is 2.68. The Kier molecular flexibility index (Phi) is 7.20. The fourth-order valence-electron chi connectivity index (χ4n) is 4.52. The lowest BCUT2D eigenvalue weighted by Gasteiger charge is -2.24. The molecule has 1 aromatic heterocycles. The smallest absolute Gasteiger partial charge is 0.411 e. The number of nitrogens with one attached hydrogen (secondary N) is 2. The quantitative estimate of drug-likeness (QED) is 0.314. The molecule has 1 aliphatic rings. The van der Waals surface area contributed by atoms with Crippen molar-refractivity contribution < 1.29 is 22.7 Å². The first-order chi connectivity index (χ1) is 18.3. The third kappa shape index (κ3) is 5.73. The Morgan fingerprint density at radius 3 is 2.58 bits per heavy atom. The van der Waals surface area contributed by atoms with Crippen molar-refractivity contribution in [2.24, 2.45) is 5.92 Å². The molecule has 2 N–H and O–H groups in total. The third-order valence-corrected chi connectivity index (χ3v) is 8.34. The van der Waals surface area contributed by atoms with Gasteiger partial charge in [-0.3, -0.25) is 10.1 Å². The van der Waals surface area contributed by atoms with E-state index in [0.29, 0.717) is 30.3 Å². The van der Waals surface area contributed by atoms with Crippen molar-refractivity contribution in [3.8, 4) is 0 Å². The first-order valence-corrected chi connectivity index (χ1v) is 14.0. The van der Waals surface area contributed by atoms with Crippen LogP contribution in [0, 0.1) is 12.8 Å². The summed E-state index contributed by atoms with van der Waals surface area (Å²) in [6, 6.07) is 21.0. The van der Waals surface area contributed by atoms with Crippen LogP contribution in [0.2, 0.25) is 0 Å². The Labute approximate surface area is 221 Å². The van der Waals surface area contributed by atoms with Gasteiger partial charge in [-0.1, -0.05) is 36.8 Å². The topological polar surface area (TPSA) is 107 Å². The van der Waals surface area contributed by atoms with E-state index in [1.807, 2.05) is 41.1 Å². The Balaban J connectivity index is 1.26. The van der Waals surface area contributed by atoms with Crippen molar-refractivity contribution in [3.63, 3.8) is 0 Å². The number of carbonyl (C=O) groups is 2. The molecule has 0 atom stereocenters. The van der Waals surface area contributed by atoms with Crippen LogP contribution < -0.4 is 10.0 Å². The highest BCUT2D eigenvalue weighted by Gasteiger charge is 2.21. The molecule has 8 nitrogen and oxygen atoms in total. The lowest BCUT2D eigenvalue weighted by Crippen LogP contribution is -2.31. The van der Waals surface area contributed by atoms with Gasteiger partial charge in [-0.15, -0.1) is 0 Å². The summed E-state index contributed by atoms with van der Waals surface area (Å²) in [5, 5.41) is 3.60. The van der Waals surface area contributed by atoms with Gasteiger partial charge in [0.05, 0.1) is 11.5 Å². The fraction of sp³-hybridized carbons (Fsp3) is 0.241. The van der Waals surface area contributed by atoms with E-state index in [1.54, 1.807) is 43.3 Å². The number of hydrogen-bond donors (Lipinski definition) is 2. The minimum Gasteiger partial charge on any atom is -0.449 e. The molecule has 1 fully saturated rings. The number of amides is 2. The van der Waals surface area contributed by atoms with Crippen molar-refractivity contribution in [1.82, 2.24) is 9.29 Å². The summed E-state index contributed by atoms with van der Waals surface area (Å²) in [5.74, 6) is -0.205. The molecule has 0 spiro atoms. The lowest BCUT2D eigenvalue weighted by atomic mass is 9.86. The first kappa shape index (κ1) is 25.5. The van der Waals surface area contributed by atoms with Crippen LogP contribution in [-0.4, -0.2) is 31.6 Å². The van der Waals surface area contributed by atoms with Crippen LogP contribution in [0.1, 0.15) is 40.7 Å². The van der Waals surface area contributed by atoms with Crippen LogP contribution in [0.5, 0.6) is 0 Å². The standard InChI is InChI=1S/C29H29N3O5S/c1-20-6-2-3-11-27(20)38(35,36)31-28(33)24-12-13-26-23(17-24)14-15-32(26)18-22-9-5-10-25(16-22)30-29(34)37-19-21-7-4-8-21/h2-3,5-6,9-17,21H,4,7-8,18-19H2,1H3,(H,30,34)(H,31,33). The van der Waals surface area contributed by atoms with Crippen LogP contribution in [0.15, 0.2) is 83.9 Å². The van der Waals surface area contributed by atoms with Crippen LogP contribution in [0.3, 0.4) is 0 Å². The highest BCUT2D eigenvalue weighted by Crippen LogP contribution is 2.26. The molecule has 1 saturated carbocycles. The van der Waals surface area contributed by atoms with Gasteiger partial charge in [0.2, 0.25) is 0 Å². The number of aryl methyl sites for hydroxylation is 1. The van der Waals surface area contributed by atoms with Gasteiger partial charge >= 0.3 is 6.09 Å². The second-order valence-electron chi connectivity index (χ2n) is 9.64. The maximum atomic E-state index is 12.8. The average molecular weight is 532 g/mol. The van der Waals surface area contributed by atoms with Gasteiger partial charge in [-0.05, 0) is 79.3 Å². The molecule has 0 unspecified atom stereocenters. The number of aromatic nitrogens is 1. The molecular formula is C29H29N3O5S. The zero-order valence-electron chi connectivity index (χ0n) is 21.0. The van der Waals surface area contributed by atoms with Gasteiger partial charge in [0, 0.05) is 34.9 Å². The zero-order chi connectivity index (χ0) is 26.7. The number of benzene rings is 3. The molecule has 196 valence electrons. The molecular weight excluding hydrogens is 502 g/mol. The number of fused-ring (bicyclic) bond motifs is 1. The Morgan fingerprint density at radius 1 is 1.00 bits per heavy atom. The maximum absolute atomic E-state index is 12.8. The van der Waals surface area contributed by atoms with Crippen LogP contribution >= 0.6 is 0 Å². The predicted molar refractivity (Wildman–Crippen MR) is 146 cm³/mol. The van der Waals surface area contributed by atoms with E-state index in [-0.39, 0.29) is 10.5 Å². The van der Waals surface area contributed by atoms with E-state index in [2.05, 4.69) is 10.0 Å². The van der Waals surface area contributed by atoms with Crippen molar-refractivity contribution >= 4 is 38.6 Å². The van der Waals surface area contributed by atoms with Gasteiger partial charge in [0.15, 0.2) is 0 Å².